The summed E-state index contributed by atoms with van der Waals surface area (Å²) in [6.07, 6.45) is 8.60. The van der Waals surface area contributed by atoms with E-state index in [1.807, 2.05) is 13.8 Å². The maximum atomic E-state index is 5.60. The standard InChI is InChI=1S/C15H32O3/c1-4-7-8-9-10-11-13-16-14-12-15(17-5-2)18-6-3/h15H,4-14H2,1-3H3. The Morgan fingerprint density at radius 2 is 1.33 bits per heavy atom. The second-order valence-electron chi connectivity index (χ2n) is 4.51. The zero-order valence-corrected chi connectivity index (χ0v) is 12.6. The quantitative estimate of drug-likeness (QED) is 0.347. The largest absolute Gasteiger partial charge is 0.381 e. The molecule has 0 amide bonds. The van der Waals surface area contributed by atoms with Crippen molar-refractivity contribution in [2.75, 3.05) is 26.4 Å². The Balaban J connectivity index is 3.21. The van der Waals surface area contributed by atoms with Crippen LogP contribution in [0.15, 0.2) is 0 Å². The minimum atomic E-state index is -0.0930. The highest BCUT2D eigenvalue weighted by Gasteiger charge is 2.06. The first kappa shape index (κ1) is 17.9. The van der Waals surface area contributed by atoms with Crippen molar-refractivity contribution in [2.45, 2.75) is 72.0 Å². The van der Waals surface area contributed by atoms with Crippen LogP contribution >= 0.6 is 0 Å². The minimum absolute atomic E-state index is 0.0930. The van der Waals surface area contributed by atoms with Crippen LogP contribution in [0.3, 0.4) is 0 Å². The smallest absolute Gasteiger partial charge is 0.159 e. The second-order valence-corrected chi connectivity index (χ2v) is 4.51. The topological polar surface area (TPSA) is 27.7 Å². The lowest BCUT2D eigenvalue weighted by Crippen LogP contribution is -2.19. The van der Waals surface area contributed by atoms with E-state index in [-0.39, 0.29) is 6.29 Å². The molecule has 0 heterocycles. The van der Waals surface area contributed by atoms with Gasteiger partial charge in [-0.15, -0.1) is 0 Å². The van der Waals surface area contributed by atoms with Crippen LogP contribution in [0.2, 0.25) is 0 Å². The number of ether oxygens (including phenoxy) is 3. The van der Waals surface area contributed by atoms with Crippen LogP contribution in [0.25, 0.3) is 0 Å². The molecule has 0 aliphatic heterocycles. The molecule has 0 unspecified atom stereocenters. The lowest BCUT2D eigenvalue weighted by Gasteiger charge is -2.16. The summed E-state index contributed by atoms with van der Waals surface area (Å²) in [4.78, 5) is 0. The van der Waals surface area contributed by atoms with Crippen LogP contribution in [-0.2, 0) is 14.2 Å². The van der Waals surface area contributed by atoms with Gasteiger partial charge in [-0.05, 0) is 20.3 Å². The molecule has 3 heteroatoms. The van der Waals surface area contributed by atoms with E-state index in [1.54, 1.807) is 0 Å². The third-order valence-corrected chi connectivity index (χ3v) is 2.85. The van der Waals surface area contributed by atoms with E-state index in [0.717, 1.165) is 19.6 Å². The van der Waals surface area contributed by atoms with Gasteiger partial charge < -0.3 is 14.2 Å². The van der Waals surface area contributed by atoms with E-state index in [1.165, 1.54) is 38.5 Å². The molecule has 0 aromatic rings. The van der Waals surface area contributed by atoms with E-state index in [9.17, 15) is 0 Å². The van der Waals surface area contributed by atoms with Gasteiger partial charge in [-0.2, -0.15) is 0 Å². The maximum Gasteiger partial charge on any atom is 0.159 e. The van der Waals surface area contributed by atoms with Gasteiger partial charge in [0.1, 0.15) is 0 Å². The number of unbranched alkanes of at least 4 members (excludes halogenated alkanes) is 5. The summed E-state index contributed by atoms with van der Waals surface area (Å²) in [6, 6.07) is 0. The number of hydrogen-bond donors (Lipinski definition) is 0. The van der Waals surface area contributed by atoms with Crippen molar-refractivity contribution < 1.29 is 14.2 Å². The molecule has 0 spiro atoms. The summed E-state index contributed by atoms with van der Waals surface area (Å²) in [6.45, 7) is 9.23. The summed E-state index contributed by atoms with van der Waals surface area (Å²) in [7, 11) is 0. The molecule has 3 nitrogen and oxygen atoms in total. The molecule has 0 saturated carbocycles. The molecule has 0 aromatic carbocycles. The summed E-state index contributed by atoms with van der Waals surface area (Å²) in [5, 5.41) is 0. The second kappa shape index (κ2) is 14.9. The normalized spacial score (nSPS) is 11.3. The van der Waals surface area contributed by atoms with Crippen LogP contribution in [0.4, 0.5) is 0 Å². The van der Waals surface area contributed by atoms with E-state index in [2.05, 4.69) is 6.92 Å². The van der Waals surface area contributed by atoms with Crippen molar-refractivity contribution in [1.29, 1.82) is 0 Å². The Bertz CT molecular complexity index is 145. The molecule has 0 saturated heterocycles. The molecule has 18 heavy (non-hydrogen) atoms. The highest BCUT2D eigenvalue weighted by Crippen LogP contribution is 2.06. The van der Waals surface area contributed by atoms with Gasteiger partial charge >= 0.3 is 0 Å². The van der Waals surface area contributed by atoms with Gasteiger partial charge in [-0.25, -0.2) is 0 Å². The SMILES string of the molecule is CCCCCCCCOCCC(OCC)OCC. The van der Waals surface area contributed by atoms with Gasteiger partial charge in [0.2, 0.25) is 0 Å². The van der Waals surface area contributed by atoms with E-state index >= 15 is 0 Å². The molecular formula is C15H32O3. The van der Waals surface area contributed by atoms with Gasteiger partial charge in [0, 0.05) is 26.2 Å². The Kier molecular flexibility index (Phi) is 14.8. The Labute approximate surface area is 113 Å². The maximum absolute atomic E-state index is 5.60. The first-order valence-electron chi connectivity index (χ1n) is 7.66. The predicted octanol–water partition coefficient (Wildman–Crippen LogP) is 4.15. The number of hydrogen-bond acceptors (Lipinski definition) is 3. The van der Waals surface area contributed by atoms with Crippen molar-refractivity contribution in [2.24, 2.45) is 0 Å². The third-order valence-electron chi connectivity index (χ3n) is 2.85. The summed E-state index contributed by atoms with van der Waals surface area (Å²) < 4.78 is 16.5. The molecule has 0 bridgehead atoms. The average Bonchev–Trinajstić information content (AvgIpc) is 2.37. The molecule has 0 aliphatic carbocycles. The molecule has 0 atom stereocenters. The highest BCUT2D eigenvalue weighted by molar-refractivity contribution is 4.46. The van der Waals surface area contributed by atoms with Crippen molar-refractivity contribution >= 4 is 0 Å². The Morgan fingerprint density at radius 1 is 0.722 bits per heavy atom. The van der Waals surface area contributed by atoms with E-state index < -0.39 is 0 Å². The number of rotatable bonds is 14. The fourth-order valence-electron chi connectivity index (χ4n) is 1.85. The zero-order chi connectivity index (χ0) is 13.5. The minimum Gasteiger partial charge on any atom is -0.381 e. The average molecular weight is 260 g/mol. The summed E-state index contributed by atoms with van der Waals surface area (Å²) in [5.41, 5.74) is 0. The fraction of sp³-hybridized carbons (Fsp3) is 1.00. The van der Waals surface area contributed by atoms with Gasteiger partial charge in [-0.3, -0.25) is 0 Å². The fourth-order valence-corrected chi connectivity index (χ4v) is 1.85. The lowest BCUT2D eigenvalue weighted by atomic mass is 10.1. The van der Waals surface area contributed by atoms with Gasteiger partial charge in [0.15, 0.2) is 6.29 Å². The molecule has 0 aromatic heterocycles. The Morgan fingerprint density at radius 3 is 1.94 bits per heavy atom. The van der Waals surface area contributed by atoms with Crippen LogP contribution in [-0.4, -0.2) is 32.7 Å². The molecule has 0 radical (unpaired) electrons. The molecule has 110 valence electrons. The molecule has 0 fully saturated rings. The van der Waals surface area contributed by atoms with Gasteiger partial charge in [0.05, 0.1) is 6.61 Å². The molecule has 0 aliphatic rings. The van der Waals surface area contributed by atoms with Crippen LogP contribution < -0.4 is 0 Å². The first-order valence-corrected chi connectivity index (χ1v) is 7.66. The highest BCUT2D eigenvalue weighted by atomic mass is 16.7. The predicted molar refractivity (Wildman–Crippen MR) is 75.9 cm³/mol. The van der Waals surface area contributed by atoms with Gasteiger partial charge in [0.25, 0.3) is 0 Å². The van der Waals surface area contributed by atoms with Crippen LogP contribution in [0, 0.1) is 0 Å². The third kappa shape index (κ3) is 12.3. The van der Waals surface area contributed by atoms with Crippen molar-refractivity contribution in [3.8, 4) is 0 Å². The molecular weight excluding hydrogens is 228 g/mol. The van der Waals surface area contributed by atoms with Crippen molar-refractivity contribution in [3.63, 3.8) is 0 Å². The molecule has 0 rings (SSSR count). The zero-order valence-electron chi connectivity index (χ0n) is 12.6. The van der Waals surface area contributed by atoms with Gasteiger partial charge in [-0.1, -0.05) is 39.0 Å². The van der Waals surface area contributed by atoms with Crippen molar-refractivity contribution in [1.82, 2.24) is 0 Å². The van der Waals surface area contributed by atoms with Crippen molar-refractivity contribution in [3.05, 3.63) is 0 Å². The lowest BCUT2D eigenvalue weighted by molar-refractivity contribution is -0.146. The van der Waals surface area contributed by atoms with Crippen LogP contribution in [0.5, 0.6) is 0 Å². The Hall–Kier alpha value is -0.120. The van der Waals surface area contributed by atoms with Crippen LogP contribution in [0.1, 0.15) is 65.7 Å². The first-order chi connectivity index (χ1) is 8.85. The monoisotopic (exact) mass is 260 g/mol. The summed E-state index contributed by atoms with van der Waals surface area (Å²) >= 11 is 0. The summed E-state index contributed by atoms with van der Waals surface area (Å²) in [5.74, 6) is 0. The van der Waals surface area contributed by atoms with E-state index in [4.69, 9.17) is 14.2 Å². The van der Waals surface area contributed by atoms with E-state index in [0.29, 0.717) is 13.2 Å². The molecule has 0 N–H and O–H groups in total.